The van der Waals surface area contributed by atoms with Crippen LogP contribution >= 0.6 is 0 Å². The fourth-order valence-corrected chi connectivity index (χ4v) is 5.68. The third kappa shape index (κ3) is 4.57. The lowest BCUT2D eigenvalue weighted by molar-refractivity contribution is -0.136. The van der Waals surface area contributed by atoms with Gasteiger partial charge in [0.05, 0.1) is 11.9 Å². The molecule has 2 aliphatic heterocycles. The average Bonchev–Trinajstić information content (AvgIpc) is 2.91. The zero-order valence-electron chi connectivity index (χ0n) is 19.5. The predicted molar refractivity (Wildman–Crippen MR) is 122 cm³/mol. The molecule has 2 unspecified atom stereocenters. The second-order valence-corrected chi connectivity index (χ2v) is 10.5. The minimum absolute atomic E-state index is 0.0456. The summed E-state index contributed by atoms with van der Waals surface area (Å²) in [5.41, 5.74) is -0.401. The van der Waals surface area contributed by atoms with Gasteiger partial charge in [0, 0.05) is 26.2 Å². The van der Waals surface area contributed by atoms with E-state index in [2.05, 4.69) is 53.2 Å². The van der Waals surface area contributed by atoms with Gasteiger partial charge in [0.2, 0.25) is 5.91 Å². The second-order valence-electron chi connectivity index (χ2n) is 10.5. The molecule has 1 spiro atoms. The van der Waals surface area contributed by atoms with Crippen LogP contribution in [0.25, 0.3) is 0 Å². The quantitative estimate of drug-likeness (QED) is 0.692. The molecule has 2 N–H and O–H groups in total. The number of pyridine rings is 1. The lowest BCUT2D eigenvalue weighted by atomic mass is 9.64. The van der Waals surface area contributed by atoms with Crippen molar-refractivity contribution in [2.45, 2.75) is 45.6 Å². The lowest BCUT2D eigenvalue weighted by Gasteiger charge is -2.43. The molecule has 2 saturated heterocycles. The van der Waals surface area contributed by atoms with Gasteiger partial charge in [-0.3, -0.25) is 14.5 Å². The molecule has 4 amide bonds. The lowest BCUT2D eigenvalue weighted by Crippen LogP contribution is -2.54. The fourth-order valence-electron chi connectivity index (χ4n) is 5.68. The maximum atomic E-state index is 13.2. The summed E-state index contributed by atoms with van der Waals surface area (Å²) in [6.07, 6.45) is 3.82. The molecule has 0 bridgehead atoms. The van der Waals surface area contributed by atoms with Gasteiger partial charge in [-0.25, -0.2) is 9.78 Å². The van der Waals surface area contributed by atoms with Gasteiger partial charge in [-0.15, -0.1) is 0 Å². The predicted octanol–water partition coefficient (Wildman–Crippen LogP) is 1.91. The fraction of sp³-hybridized carbons (Fsp3) is 0.652. The number of likely N-dealkylation sites (N-methyl/N-ethyl adjacent to an activating group) is 1. The standard InChI is InChI=1S/C23H34N6O3/c1-16-11-22(2,3)15-23(12-16)20(31)29(21(32)26-23)14-19(30)25-17-5-6-18(24-13-17)28-9-7-27(4)8-10-28/h5-6,13,16H,7-12,14-15H2,1-4H3,(H,25,30)(H,26,32). The summed E-state index contributed by atoms with van der Waals surface area (Å²) in [6, 6.07) is 3.20. The van der Waals surface area contributed by atoms with Crippen molar-refractivity contribution in [3.05, 3.63) is 18.3 Å². The number of rotatable bonds is 4. The van der Waals surface area contributed by atoms with Crippen LogP contribution in [0.1, 0.15) is 40.0 Å². The van der Waals surface area contributed by atoms with Crippen LogP contribution in [0.2, 0.25) is 0 Å². The van der Waals surface area contributed by atoms with Crippen molar-refractivity contribution in [2.24, 2.45) is 11.3 Å². The number of anilines is 2. The summed E-state index contributed by atoms with van der Waals surface area (Å²) >= 11 is 0. The van der Waals surface area contributed by atoms with E-state index in [0.717, 1.165) is 43.3 Å². The third-order valence-electron chi connectivity index (χ3n) is 6.78. The first-order valence-corrected chi connectivity index (χ1v) is 11.4. The van der Waals surface area contributed by atoms with Gasteiger partial charge in [0.25, 0.3) is 5.91 Å². The number of hydrogen-bond acceptors (Lipinski definition) is 6. The Balaban J connectivity index is 1.37. The number of piperazine rings is 1. The van der Waals surface area contributed by atoms with E-state index in [9.17, 15) is 14.4 Å². The van der Waals surface area contributed by atoms with Gasteiger partial charge in [0.1, 0.15) is 17.9 Å². The van der Waals surface area contributed by atoms with Gasteiger partial charge in [-0.2, -0.15) is 0 Å². The van der Waals surface area contributed by atoms with E-state index < -0.39 is 17.5 Å². The Hall–Kier alpha value is -2.68. The number of aromatic nitrogens is 1. The number of nitrogens with one attached hydrogen (secondary N) is 2. The van der Waals surface area contributed by atoms with Crippen LogP contribution in [-0.4, -0.2) is 77.9 Å². The SMILES string of the molecule is CC1CC(C)(C)CC2(C1)NC(=O)N(CC(=O)Nc1ccc(N3CCN(C)CC3)nc1)C2=O. The van der Waals surface area contributed by atoms with Crippen molar-refractivity contribution < 1.29 is 14.4 Å². The molecule has 2 atom stereocenters. The summed E-state index contributed by atoms with van der Waals surface area (Å²) < 4.78 is 0. The van der Waals surface area contributed by atoms with Crippen LogP contribution in [0.15, 0.2) is 18.3 Å². The summed E-state index contributed by atoms with van der Waals surface area (Å²) in [5, 5.41) is 5.67. The molecule has 3 aliphatic rings. The first kappa shape index (κ1) is 22.5. The smallest absolute Gasteiger partial charge is 0.325 e. The summed E-state index contributed by atoms with van der Waals surface area (Å²) in [5.74, 6) is 0.492. The number of imide groups is 1. The third-order valence-corrected chi connectivity index (χ3v) is 6.78. The Labute approximate surface area is 189 Å². The average molecular weight is 443 g/mol. The second kappa shape index (κ2) is 8.35. The molecule has 1 aromatic rings. The Bertz CT molecular complexity index is 893. The molecule has 4 rings (SSSR count). The molecule has 9 heteroatoms. The Kier molecular flexibility index (Phi) is 5.87. The van der Waals surface area contributed by atoms with E-state index in [1.807, 2.05) is 6.07 Å². The Morgan fingerprint density at radius 2 is 1.91 bits per heavy atom. The minimum Gasteiger partial charge on any atom is -0.354 e. The van der Waals surface area contributed by atoms with Crippen LogP contribution < -0.4 is 15.5 Å². The number of carbonyl (C=O) groups excluding carboxylic acids is 3. The van der Waals surface area contributed by atoms with Crippen molar-refractivity contribution in [3.8, 4) is 0 Å². The molecule has 1 aliphatic carbocycles. The molecule has 1 saturated carbocycles. The molecule has 1 aromatic heterocycles. The van der Waals surface area contributed by atoms with Crippen LogP contribution in [0.5, 0.6) is 0 Å². The van der Waals surface area contributed by atoms with E-state index in [1.165, 1.54) is 0 Å². The van der Waals surface area contributed by atoms with E-state index in [-0.39, 0.29) is 17.9 Å². The zero-order chi connectivity index (χ0) is 23.1. The molecular weight excluding hydrogens is 408 g/mol. The maximum Gasteiger partial charge on any atom is 0.325 e. The van der Waals surface area contributed by atoms with E-state index >= 15 is 0 Å². The van der Waals surface area contributed by atoms with Crippen LogP contribution in [-0.2, 0) is 9.59 Å². The van der Waals surface area contributed by atoms with E-state index in [0.29, 0.717) is 24.4 Å². The van der Waals surface area contributed by atoms with Crippen molar-refractivity contribution >= 4 is 29.4 Å². The first-order valence-electron chi connectivity index (χ1n) is 11.4. The topological polar surface area (TPSA) is 97.9 Å². The van der Waals surface area contributed by atoms with Crippen molar-refractivity contribution in [2.75, 3.05) is 50.0 Å². The van der Waals surface area contributed by atoms with Gasteiger partial charge in [-0.05, 0) is 49.8 Å². The molecule has 32 heavy (non-hydrogen) atoms. The van der Waals surface area contributed by atoms with Gasteiger partial charge >= 0.3 is 6.03 Å². The molecule has 3 fully saturated rings. The van der Waals surface area contributed by atoms with Crippen LogP contribution in [0.3, 0.4) is 0 Å². The van der Waals surface area contributed by atoms with Gasteiger partial charge in [-0.1, -0.05) is 20.8 Å². The molecule has 174 valence electrons. The highest BCUT2D eigenvalue weighted by molar-refractivity contribution is 6.10. The normalized spacial score (nSPS) is 28.2. The highest BCUT2D eigenvalue weighted by Crippen LogP contribution is 2.46. The zero-order valence-corrected chi connectivity index (χ0v) is 19.5. The highest BCUT2D eigenvalue weighted by atomic mass is 16.2. The van der Waals surface area contributed by atoms with Crippen LogP contribution in [0.4, 0.5) is 16.3 Å². The molecule has 3 heterocycles. The van der Waals surface area contributed by atoms with Gasteiger partial charge in [0.15, 0.2) is 0 Å². The Morgan fingerprint density at radius 1 is 1.19 bits per heavy atom. The Morgan fingerprint density at radius 3 is 2.53 bits per heavy atom. The largest absolute Gasteiger partial charge is 0.354 e. The van der Waals surface area contributed by atoms with Crippen molar-refractivity contribution in [1.29, 1.82) is 0 Å². The molecular formula is C23H34N6O3. The maximum absolute atomic E-state index is 13.2. The number of urea groups is 1. The summed E-state index contributed by atoms with van der Waals surface area (Å²) in [7, 11) is 2.10. The number of hydrogen-bond donors (Lipinski definition) is 2. The van der Waals surface area contributed by atoms with E-state index in [4.69, 9.17) is 0 Å². The van der Waals surface area contributed by atoms with E-state index in [1.54, 1.807) is 12.3 Å². The van der Waals surface area contributed by atoms with Gasteiger partial charge < -0.3 is 20.4 Å². The monoisotopic (exact) mass is 442 g/mol. The first-order chi connectivity index (χ1) is 15.1. The number of amides is 4. The summed E-state index contributed by atoms with van der Waals surface area (Å²) in [4.78, 5) is 48.4. The summed E-state index contributed by atoms with van der Waals surface area (Å²) in [6.45, 7) is 9.86. The minimum atomic E-state index is -0.899. The number of carbonyl (C=O) groups is 3. The molecule has 9 nitrogen and oxygen atoms in total. The number of nitrogens with zero attached hydrogens (tertiary/aromatic N) is 4. The van der Waals surface area contributed by atoms with Crippen LogP contribution in [0, 0.1) is 11.3 Å². The van der Waals surface area contributed by atoms with Crippen molar-refractivity contribution in [3.63, 3.8) is 0 Å². The van der Waals surface area contributed by atoms with Crippen molar-refractivity contribution in [1.82, 2.24) is 20.1 Å². The molecule has 0 aromatic carbocycles. The molecule has 0 radical (unpaired) electrons. The highest BCUT2D eigenvalue weighted by Gasteiger charge is 2.56.